The largest absolute Gasteiger partial charge is 0.466 e. The number of carbonyl (C=O) groups excluding carboxylic acids is 1. The van der Waals surface area contributed by atoms with Crippen molar-refractivity contribution >= 4 is 5.97 Å². The third-order valence-electron chi connectivity index (χ3n) is 3.22. The standard InChI is InChI=1S/C14H27NO4/c1-4-18-14(17)12-6-5-7-15(8-12)9-13(16)10-19-11(2)3/h11-13,16H,4-10H2,1-3H3/t12-,13-/m1/s1. The Balaban J connectivity index is 2.32. The molecule has 1 aliphatic heterocycles. The Hall–Kier alpha value is -0.650. The van der Waals surface area contributed by atoms with Crippen molar-refractivity contribution in [2.24, 2.45) is 5.92 Å². The van der Waals surface area contributed by atoms with Gasteiger partial charge >= 0.3 is 5.97 Å². The summed E-state index contributed by atoms with van der Waals surface area (Å²) in [4.78, 5) is 13.8. The van der Waals surface area contributed by atoms with Gasteiger partial charge in [0, 0.05) is 13.1 Å². The normalized spacial score (nSPS) is 22.5. The van der Waals surface area contributed by atoms with E-state index < -0.39 is 6.10 Å². The first-order chi connectivity index (χ1) is 9.02. The number of aliphatic hydroxyl groups excluding tert-OH is 1. The summed E-state index contributed by atoms with van der Waals surface area (Å²) in [5.41, 5.74) is 0. The minimum Gasteiger partial charge on any atom is -0.466 e. The molecule has 0 spiro atoms. The number of hydrogen-bond donors (Lipinski definition) is 1. The number of likely N-dealkylation sites (tertiary alicyclic amines) is 1. The fraction of sp³-hybridized carbons (Fsp3) is 0.929. The van der Waals surface area contributed by atoms with E-state index in [2.05, 4.69) is 4.90 Å². The van der Waals surface area contributed by atoms with E-state index in [9.17, 15) is 9.90 Å². The molecule has 1 N–H and O–H groups in total. The van der Waals surface area contributed by atoms with Crippen molar-refractivity contribution in [2.45, 2.75) is 45.8 Å². The first-order valence-corrected chi connectivity index (χ1v) is 7.21. The van der Waals surface area contributed by atoms with Crippen LogP contribution in [-0.4, -0.2) is 61.0 Å². The van der Waals surface area contributed by atoms with Gasteiger partial charge in [-0.2, -0.15) is 0 Å². The minimum atomic E-state index is -0.497. The zero-order valence-electron chi connectivity index (χ0n) is 12.3. The molecule has 0 unspecified atom stereocenters. The average molecular weight is 273 g/mol. The maximum atomic E-state index is 11.7. The summed E-state index contributed by atoms with van der Waals surface area (Å²) in [7, 11) is 0. The zero-order chi connectivity index (χ0) is 14.3. The lowest BCUT2D eigenvalue weighted by molar-refractivity contribution is -0.150. The molecule has 0 saturated carbocycles. The van der Waals surface area contributed by atoms with E-state index in [-0.39, 0.29) is 18.0 Å². The highest BCUT2D eigenvalue weighted by molar-refractivity contribution is 5.72. The Morgan fingerprint density at radius 3 is 2.84 bits per heavy atom. The quantitative estimate of drug-likeness (QED) is 0.703. The van der Waals surface area contributed by atoms with Crippen molar-refractivity contribution in [3.05, 3.63) is 0 Å². The van der Waals surface area contributed by atoms with E-state index in [1.54, 1.807) is 0 Å². The van der Waals surface area contributed by atoms with E-state index in [1.807, 2.05) is 20.8 Å². The number of piperidine rings is 1. The fourth-order valence-corrected chi connectivity index (χ4v) is 2.33. The molecule has 0 aromatic heterocycles. The molecule has 5 nitrogen and oxygen atoms in total. The predicted molar refractivity (Wildman–Crippen MR) is 72.9 cm³/mol. The van der Waals surface area contributed by atoms with E-state index in [1.165, 1.54) is 0 Å². The van der Waals surface area contributed by atoms with Crippen LogP contribution in [0.2, 0.25) is 0 Å². The van der Waals surface area contributed by atoms with Crippen molar-refractivity contribution in [2.75, 3.05) is 32.8 Å². The molecule has 0 aliphatic carbocycles. The summed E-state index contributed by atoms with van der Waals surface area (Å²) in [6, 6.07) is 0. The summed E-state index contributed by atoms with van der Waals surface area (Å²) in [5, 5.41) is 9.90. The van der Waals surface area contributed by atoms with Gasteiger partial charge in [0.2, 0.25) is 0 Å². The lowest BCUT2D eigenvalue weighted by atomic mass is 9.98. The molecular weight excluding hydrogens is 246 g/mol. The molecular formula is C14H27NO4. The molecule has 1 saturated heterocycles. The van der Waals surface area contributed by atoms with Crippen molar-refractivity contribution < 1.29 is 19.4 Å². The summed E-state index contributed by atoms with van der Waals surface area (Å²) >= 11 is 0. The lowest BCUT2D eigenvalue weighted by Gasteiger charge is -2.32. The highest BCUT2D eigenvalue weighted by Gasteiger charge is 2.27. The number of nitrogens with zero attached hydrogens (tertiary/aromatic N) is 1. The van der Waals surface area contributed by atoms with Crippen LogP contribution >= 0.6 is 0 Å². The van der Waals surface area contributed by atoms with E-state index in [0.717, 1.165) is 19.4 Å². The number of ether oxygens (including phenoxy) is 2. The van der Waals surface area contributed by atoms with Crippen LogP contribution in [0.4, 0.5) is 0 Å². The van der Waals surface area contributed by atoms with Crippen LogP contribution in [0.5, 0.6) is 0 Å². The molecule has 1 aliphatic rings. The molecule has 0 radical (unpaired) electrons. The van der Waals surface area contributed by atoms with Crippen LogP contribution in [0.3, 0.4) is 0 Å². The molecule has 5 heteroatoms. The van der Waals surface area contributed by atoms with Crippen molar-refractivity contribution in [3.63, 3.8) is 0 Å². The number of hydrogen-bond acceptors (Lipinski definition) is 5. The Morgan fingerprint density at radius 1 is 1.47 bits per heavy atom. The fourth-order valence-electron chi connectivity index (χ4n) is 2.33. The van der Waals surface area contributed by atoms with Gasteiger partial charge in [-0.25, -0.2) is 0 Å². The van der Waals surface area contributed by atoms with Crippen LogP contribution in [0, 0.1) is 5.92 Å². The van der Waals surface area contributed by atoms with E-state index >= 15 is 0 Å². The number of aliphatic hydroxyl groups is 1. The topological polar surface area (TPSA) is 59.0 Å². The van der Waals surface area contributed by atoms with Crippen LogP contribution in [0.15, 0.2) is 0 Å². The third-order valence-corrected chi connectivity index (χ3v) is 3.22. The number of β-amino-alcohol motifs (C(OH)–C–C–N with tert-alkyl or cyclic N) is 1. The van der Waals surface area contributed by atoms with Crippen LogP contribution in [0.1, 0.15) is 33.6 Å². The van der Waals surface area contributed by atoms with Gasteiger partial charge < -0.3 is 14.6 Å². The van der Waals surface area contributed by atoms with Crippen molar-refractivity contribution in [3.8, 4) is 0 Å². The summed E-state index contributed by atoms with van der Waals surface area (Å²) in [6.07, 6.45) is 1.49. The first-order valence-electron chi connectivity index (χ1n) is 7.21. The Bertz CT molecular complexity index is 270. The predicted octanol–water partition coefficient (Wildman–Crippen LogP) is 1.05. The highest BCUT2D eigenvalue weighted by atomic mass is 16.5. The minimum absolute atomic E-state index is 0.0492. The van der Waals surface area contributed by atoms with Gasteiger partial charge in [-0.15, -0.1) is 0 Å². The van der Waals surface area contributed by atoms with E-state index in [4.69, 9.17) is 9.47 Å². The smallest absolute Gasteiger partial charge is 0.310 e. The van der Waals surface area contributed by atoms with E-state index in [0.29, 0.717) is 26.3 Å². The Morgan fingerprint density at radius 2 is 2.21 bits per heavy atom. The van der Waals surface area contributed by atoms with Crippen LogP contribution in [-0.2, 0) is 14.3 Å². The molecule has 19 heavy (non-hydrogen) atoms. The maximum absolute atomic E-state index is 11.7. The Labute approximate surface area is 115 Å². The second-order valence-corrected chi connectivity index (χ2v) is 5.39. The Kier molecular flexibility index (Phi) is 7.34. The second-order valence-electron chi connectivity index (χ2n) is 5.39. The molecule has 112 valence electrons. The van der Waals surface area contributed by atoms with Crippen molar-refractivity contribution in [1.29, 1.82) is 0 Å². The number of carbonyl (C=O) groups is 1. The van der Waals surface area contributed by atoms with Crippen LogP contribution < -0.4 is 0 Å². The molecule has 0 bridgehead atoms. The summed E-state index contributed by atoms with van der Waals surface area (Å²) < 4.78 is 10.5. The molecule has 1 heterocycles. The number of rotatable bonds is 7. The van der Waals surface area contributed by atoms with Gasteiger partial charge in [0.15, 0.2) is 0 Å². The van der Waals surface area contributed by atoms with Gasteiger partial charge in [0.1, 0.15) is 0 Å². The van der Waals surface area contributed by atoms with Crippen molar-refractivity contribution in [1.82, 2.24) is 4.90 Å². The molecule has 0 aromatic carbocycles. The van der Waals surface area contributed by atoms with Gasteiger partial charge in [0.05, 0.1) is 31.3 Å². The summed E-state index contributed by atoms with van der Waals surface area (Å²) in [6.45, 7) is 8.66. The SMILES string of the molecule is CCOC(=O)[C@@H]1CCCN(C[C@@H](O)COC(C)C)C1. The van der Waals surface area contributed by atoms with Gasteiger partial charge in [0.25, 0.3) is 0 Å². The monoisotopic (exact) mass is 273 g/mol. The summed E-state index contributed by atoms with van der Waals surface area (Å²) in [5.74, 6) is -0.160. The zero-order valence-corrected chi connectivity index (χ0v) is 12.3. The third kappa shape index (κ3) is 6.36. The van der Waals surface area contributed by atoms with Gasteiger partial charge in [-0.1, -0.05) is 0 Å². The molecule has 2 atom stereocenters. The molecule has 1 rings (SSSR count). The number of esters is 1. The van der Waals surface area contributed by atoms with Crippen LogP contribution in [0.25, 0.3) is 0 Å². The molecule has 0 amide bonds. The van der Waals surface area contributed by atoms with Gasteiger partial charge in [-0.3, -0.25) is 9.69 Å². The average Bonchev–Trinajstić information content (AvgIpc) is 2.37. The highest BCUT2D eigenvalue weighted by Crippen LogP contribution is 2.18. The second kappa shape index (κ2) is 8.51. The van der Waals surface area contributed by atoms with Gasteiger partial charge in [-0.05, 0) is 40.2 Å². The molecule has 0 aromatic rings. The lowest BCUT2D eigenvalue weighted by Crippen LogP contribution is -2.44. The maximum Gasteiger partial charge on any atom is 0.310 e. The molecule has 1 fully saturated rings. The first kappa shape index (κ1) is 16.4.